The van der Waals surface area contributed by atoms with Crippen LogP contribution in [-0.4, -0.2) is 6.29 Å². The van der Waals surface area contributed by atoms with E-state index in [0.29, 0.717) is 6.42 Å². The van der Waals surface area contributed by atoms with Crippen molar-refractivity contribution in [3.05, 3.63) is 70.5 Å². The number of hydrogen-bond donors (Lipinski definition) is 0. The van der Waals surface area contributed by atoms with Crippen molar-refractivity contribution in [2.45, 2.75) is 25.2 Å². The van der Waals surface area contributed by atoms with Gasteiger partial charge >= 0.3 is 0 Å². The van der Waals surface area contributed by atoms with E-state index in [4.69, 9.17) is 0 Å². The zero-order valence-corrected chi connectivity index (χ0v) is 10.6. The van der Waals surface area contributed by atoms with E-state index in [2.05, 4.69) is 12.1 Å². The lowest BCUT2D eigenvalue weighted by Crippen LogP contribution is -2.04. The van der Waals surface area contributed by atoms with Crippen molar-refractivity contribution in [1.82, 2.24) is 0 Å². The Bertz CT molecular complexity index is 618. The predicted molar refractivity (Wildman–Crippen MR) is 72.8 cm³/mol. The van der Waals surface area contributed by atoms with Gasteiger partial charge in [0.2, 0.25) is 0 Å². The Balaban J connectivity index is 2.11. The molecule has 2 aromatic rings. The SMILES string of the molecule is O=CC[C@H]1Cc2cc(F)ccc2Cc2ccccc21. The molecule has 0 radical (unpaired) electrons. The van der Waals surface area contributed by atoms with Gasteiger partial charge in [0.25, 0.3) is 0 Å². The minimum atomic E-state index is -0.199. The predicted octanol–water partition coefficient (Wildman–Crippen LogP) is 3.65. The standard InChI is InChI=1S/C17H15FO/c18-16-6-5-12-9-13-3-1-2-4-17(13)14(7-8-19)10-15(12)11-16/h1-6,8,11,14H,7,9-10H2/t14-/m0/s1. The molecule has 2 aromatic carbocycles. The van der Waals surface area contributed by atoms with Gasteiger partial charge in [0.05, 0.1) is 0 Å². The van der Waals surface area contributed by atoms with E-state index < -0.39 is 0 Å². The summed E-state index contributed by atoms with van der Waals surface area (Å²) in [5.41, 5.74) is 4.68. The second kappa shape index (κ2) is 4.96. The second-order valence-electron chi connectivity index (χ2n) is 5.09. The molecular weight excluding hydrogens is 239 g/mol. The minimum Gasteiger partial charge on any atom is -0.303 e. The van der Waals surface area contributed by atoms with Gasteiger partial charge in [-0.3, -0.25) is 0 Å². The lowest BCUT2D eigenvalue weighted by molar-refractivity contribution is -0.108. The van der Waals surface area contributed by atoms with Crippen molar-refractivity contribution in [2.24, 2.45) is 0 Å². The smallest absolute Gasteiger partial charge is 0.123 e. The Morgan fingerprint density at radius 1 is 1.11 bits per heavy atom. The van der Waals surface area contributed by atoms with Crippen LogP contribution in [0.1, 0.15) is 34.6 Å². The summed E-state index contributed by atoms with van der Waals surface area (Å²) in [5, 5.41) is 0. The Morgan fingerprint density at radius 2 is 1.95 bits per heavy atom. The number of aldehydes is 1. The monoisotopic (exact) mass is 254 g/mol. The summed E-state index contributed by atoms with van der Waals surface area (Å²) in [5.74, 6) is -0.0358. The highest BCUT2D eigenvalue weighted by atomic mass is 19.1. The van der Waals surface area contributed by atoms with Crippen molar-refractivity contribution >= 4 is 6.29 Å². The van der Waals surface area contributed by atoms with E-state index >= 15 is 0 Å². The average Bonchev–Trinajstić information content (AvgIpc) is 2.56. The van der Waals surface area contributed by atoms with E-state index in [0.717, 1.165) is 24.7 Å². The van der Waals surface area contributed by atoms with Gasteiger partial charge in [0, 0.05) is 6.42 Å². The molecule has 0 bridgehead atoms. The molecule has 0 aliphatic heterocycles. The molecule has 0 aromatic heterocycles. The molecule has 0 unspecified atom stereocenters. The fraction of sp³-hybridized carbons (Fsp3) is 0.235. The summed E-state index contributed by atoms with van der Waals surface area (Å²) in [6, 6.07) is 13.2. The molecular formula is C17H15FO. The highest BCUT2D eigenvalue weighted by Gasteiger charge is 2.21. The third kappa shape index (κ3) is 2.30. The maximum atomic E-state index is 13.4. The third-order valence-electron chi connectivity index (χ3n) is 3.89. The lowest BCUT2D eigenvalue weighted by atomic mass is 9.89. The number of benzene rings is 2. The van der Waals surface area contributed by atoms with Crippen LogP contribution < -0.4 is 0 Å². The summed E-state index contributed by atoms with van der Waals surface area (Å²) >= 11 is 0. The summed E-state index contributed by atoms with van der Waals surface area (Å²) in [4.78, 5) is 10.9. The molecule has 1 aliphatic carbocycles. The van der Waals surface area contributed by atoms with Gasteiger partial charge in [-0.2, -0.15) is 0 Å². The van der Waals surface area contributed by atoms with E-state index in [1.54, 1.807) is 6.07 Å². The normalized spacial score (nSPS) is 17.2. The number of hydrogen-bond acceptors (Lipinski definition) is 1. The molecule has 0 saturated carbocycles. The van der Waals surface area contributed by atoms with Crippen molar-refractivity contribution < 1.29 is 9.18 Å². The van der Waals surface area contributed by atoms with Gasteiger partial charge in [-0.05, 0) is 53.1 Å². The summed E-state index contributed by atoms with van der Waals surface area (Å²) < 4.78 is 13.4. The van der Waals surface area contributed by atoms with Crippen LogP contribution in [0.2, 0.25) is 0 Å². The molecule has 1 atom stereocenters. The van der Waals surface area contributed by atoms with Crippen LogP contribution in [0.5, 0.6) is 0 Å². The largest absolute Gasteiger partial charge is 0.303 e. The highest BCUT2D eigenvalue weighted by molar-refractivity contribution is 5.54. The first-order valence-corrected chi connectivity index (χ1v) is 6.56. The van der Waals surface area contributed by atoms with Gasteiger partial charge < -0.3 is 4.79 Å². The van der Waals surface area contributed by atoms with E-state index in [9.17, 15) is 9.18 Å². The second-order valence-corrected chi connectivity index (χ2v) is 5.09. The average molecular weight is 254 g/mol. The van der Waals surface area contributed by atoms with E-state index in [-0.39, 0.29) is 11.7 Å². The van der Waals surface area contributed by atoms with Gasteiger partial charge in [-0.15, -0.1) is 0 Å². The first-order valence-electron chi connectivity index (χ1n) is 6.56. The molecule has 3 rings (SSSR count). The molecule has 1 nitrogen and oxygen atoms in total. The number of carbonyl (C=O) groups excluding carboxylic acids is 1. The Hall–Kier alpha value is -1.96. The first-order chi connectivity index (χ1) is 9.28. The van der Waals surface area contributed by atoms with Crippen molar-refractivity contribution in [2.75, 3.05) is 0 Å². The molecule has 1 aliphatic rings. The molecule has 0 saturated heterocycles. The Labute approximate surface area is 112 Å². The number of rotatable bonds is 2. The van der Waals surface area contributed by atoms with Crippen molar-refractivity contribution in [3.8, 4) is 0 Å². The quantitative estimate of drug-likeness (QED) is 0.748. The van der Waals surface area contributed by atoms with Gasteiger partial charge in [-0.25, -0.2) is 4.39 Å². The van der Waals surface area contributed by atoms with Gasteiger partial charge in [-0.1, -0.05) is 30.3 Å². The molecule has 0 fully saturated rings. The first kappa shape index (κ1) is 12.1. The fourth-order valence-electron chi connectivity index (χ4n) is 2.96. The summed E-state index contributed by atoms with van der Waals surface area (Å²) in [6.45, 7) is 0. The highest BCUT2D eigenvalue weighted by Crippen LogP contribution is 2.33. The molecule has 96 valence electrons. The number of carbonyl (C=O) groups is 1. The summed E-state index contributed by atoms with van der Waals surface area (Å²) in [6.07, 6.45) is 3.02. The fourth-order valence-corrected chi connectivity index (χ4v) is 2.96. The van der Waals surface area contributed by atoms with E-state index in [1.807, 2.05) is 18.2 Å². The van der Waals surface area contributed by atoms with Crippen LogP contribution in [0.3, 0.4) is 0 Å². The molecule has 0 heterocycles. The van der Waals surface area contributed by atoms with Crippen LogP contribution in [0.15, 0.2) is 42.5 Å². The van der Waals surface area contributed by atoms with Crippen molar-refractivity contribution in [1.29, 1.82) is 0 Å². The molecule has 19 heavy (non-hydrogen) atoms. The van der Waals surface area contributed by atoms with Gasteiger partial charge in [0.15, 0.2) is 0 Å². The van der Waals surface area contributed by atoms with E-state index in [1.165, 1.54) is 22.8 Å². The molecule has 0 spiro atoms. The Kier molecular flexibility index (Phi) is 3.16. The van der Waals surface area contributed by atoms with Crippen molar-refractivity contribution in [3.63, 3.8) is 0 Å². The number of halogens is 1. The molecule has 0 amide bonds. The maximum absolute atomic E-state index is 13.4. The van der Waals surface area contributed by atoms with Gasteiger partial charge in [0.1, 0.15) is 12.1 Å². The Morgan fingerprint density at radius 3 is 2.79 bits per heavy atom. The zero-order chi connectivity index (χ0) is 13.2. The minimum absolute atomic E-state index is 0.164. The van der Waals surface area contributed by atoms with Crippen LogP contribution >= 0.6 is 0 Å². The van der Waals surface area contributed by atoms with Crippen LogP contribution in [0.25, 0.3) is 0 Å². The zero-order valence-electron chi connectivity index (χ0n) is 10.6. The van der Waals surface area contributed by atoms with Crippen LogP contribution in [0.4, 0.5) is 4.39 Å². The topological polar surface area (TPSA) is 17.1 Å². The maximum Gasteiger partial charge on any atom is 0.123 e. The number of fused-ring (bicyclic) bond motifs is 2. The molecule has 2 heteroatoms. The molecule has 0 N–H and O–H groups in total. The van der Waals surface area contributed by atoms with Crippen LogP contribution in [0, 0.1) is 5.82 Å². The third-order valence-corrected chi connectivity index (χ3v) is 3.89. The lowest BCUT2D eigenvalue weighted by Gasteiger charge is -2.15. The summed E-state index contributed by atoms with van der Waals surface area (Å²) in [7, 11) is 0. The van der Waals surface area contributed by atoms with Crippen LogP contribution in [-0.2, 0) is 17.6 Å².